The van der Waals surface area contributed by atoms with Crippen LogP contribution in [0.25, 0.3) is 0 Å². The third kappa shape index (κ3) is 2.33. The fraction of sp³-hybridized carbons (Fsp3) is 0.917. The first-order valence-electron chi connectivity index (χ1n) is 6.20. The van der Waals surface area contributed by atoms with E-state index in [-0.39, 0.29) is 0 Å². The van der Waals surface area contributed by atoms with Gasteiger partial charge >= 0.3 is 0 Å². The molecule has 0 aromatic rings. The summed E-state index contributed by atoms with van der Waals surface area (Å²) in [6.45, 7) is 6.43. The van der Waals surface area contributed by atoms with Crippen LogP contribution in [0.1, 0.15) is 39.5 Å². The molecule has 2 rings (SSSR count). The van der Waals surface area contributed by atoms with Gasteiger partial charge in [-0.3, -0.25) is 4.79 Å². The van der Waals surface area contributed by atoms with E-state index in [1.807, 2.05) is 0 Å². The summed E-state index contributed by atoms with van der Waals surface area (Å²) >= 11 is 0. The van der Waals surface area contributed by atoms with Gasteiger partial charge < -0.3 is 10.2 Å². The number of nitrogens with one attached hydrogen (secondary N) is 1. The van der Waals surface area contributed by atoms with Gasteiger partial charge in [-0.25, -0.2) is 0 Å². The highest BCUT2D eigenvalue weighted by atomic mass is 16.2. The number of carbonyl (C=O) groups is 1. The number of nitrogens with zero attached hydrogens (tertiary/aromatic N) is 1. The van der Waals surface area contributed by atoms with Crippen LogP contribution in [0.4, 0.5) is 0 Å². The summed E-state index contributed by atoms with van der Waals surface area (Å²) in [5, 5.41) is 3.22. The largest absolute Gasteiger partial charge is 0.337 e. The van der Waals surface area contributed by atoms with Crippen molar-refractivity contribution in [2.24, 2.45) is 5.92 Å². The topological polar surface area (TPSA) is 32.3 Å². The van der Waals surface area contributed by atoms with Crippen molar-refractivity contribution in [2.75, 3.05) is 13.1 Å². The SMILES string of the molecule is C[C@@H]1CCC[C@H](C)N1C(=O)CC1CNC1. The molecule has 3 heteroatoms. The maximum atomic E-state index is 12.1. The molecule has 0 radical (unpaired) electrons. The predicted octanol–water partition coefficient (Wildman–Crippen LogP) is 1.39. The van der Waals surface area contributed by atoms with E-state index < -0.39 is 0 Å². The number of rotatable bonds is 2. The molecule has 0 unspecified atom stereocenters. The Hall–Kier alpha value is -0.570. The van der Waals surface area contributed by atoms with Crippen molar-refractivity contribution < 1.29 is 4.79 Å². The maximum Gasteiger partial charge on any atom is 0.223 e. The van der Waals surface area contributed by atoms with E-state index >= 15 is 0 Å². The van der Waals surface area contributed by atoms with Crippen molar-refractivity contribution in [2.45, 2.75) is 51.6 Å². The van der Waals surface area contributed by atoms with Crippen molar-refractivity contribution in [3.05, 3.63) is 0 Å². The van der Waals surface area contributed by atoms with Crippen molar-refractivity contribution in [1.29, 1.82) is 0 Å². The van der Waals surface area contributed by atoms with Gasteiger partial charge in [0.15, 0.2) is 0 Å². The molecule has 2 heterocycles. The molecule has 2 aliphatic rings. The average Bonchev–Trinajstić information content (AvgIpc) is 2.11. The van der Waals surface area contributed by atoms with Crippen LogP contribution in [0, 0.1) is 5.92 Å². The Morgan fingerprint density at radius 3 is 2.33 bits per heavy atom. The van der Waals surface area contributed by atoms with E-state index in [0.29, 0.717) is 23.9 Å². The molecule has 1 N–H and O–H groups in total. The average molecular weight is 210 g/mol. The van der Waals surface area contributed by atoms with E-state index in [2.05, 4.69) is 24.1 Å². The van der Waals surface area contributed by atoms with Crippen LogP contribution >= 0.6 is 0 Å². The van der Waals surface area contributed by atoms with Crippen LogP contribution in [0.5, 0.6) is 0 Å². The van der Waals surface area contributed by atoms with Crippen LogP contribution in [0.3, 0.4) is 0 Å². The van der Waals surface area contributed by atoms with Crippen molar-refractivity contribution in [1.82, 2.24) is 10.2 Å². The Labute approximate surface area is 92.2 Å². The lowest BCUT2D eigenvalue weighted by atomic mass is 9.93. The van der Waals surface area contributed by atoms with Gasteiger partial charge in [0, 0.05) is 18.5 Å². The molecule has 0 saturated carbocycles. The molecule has 2 saturated heterocycles. The van der Waals surface area contributed by atoms with Crippen LogP contribution in [-0.2, 0) is 4.79 Å². The van der Waals surface area contributed by atoms with Gasteiger partial charge in [0.1, 0.15) is 0 Å². The zero-order chi connectivity index (χ0) is 10.8. The lowest BCUT2D eigenvalue weighted by Crippen LogP contribution is -2.51. The third-order valence-corrected chi connectivity index (χ3v) is 3.81. The second-order valence-electron chi connectivity index (χ2n) is 5.16. The Morgan fingerprint density at radius 2 is 1.87 bits per heavy atom. The minimum atomic E-state index is 0.376. The highest BCUT2D eigenvalue weighted by Crippen LogP contribution is 2.24. The van der Waals surface area contributed by atoms with Crippen LogP contribution < -0.4 is 5.32 Å². The normalized spacial score (nSPS) is 32.5. The molecular weight excluding hydrogens is 188 g/mol. The molecule has 2 atom stereocenters. The quantitative estimate of drug-likeness (QED) is 0.747. The minimum absolute atomic E-state index is 0.376. The molecule has 3 nitrogen and oxygen atoms in total. The van der Waals surface area contributed by atoms with Gasteiger partial charge in [-0.2, -0.15) is 0 Å². The molecular formula is C12H22N2O. The highest BCUT2D eigenvalue weighted by molar-refractivity contribution is 5.77. The van der Waals surface area contributed by atoms with Crippen LogP contribution in [0.2, 0.25) is 0 Å². The van der Waals surface area contributed by atoms with E-state index in [0.717, 1.165) is 19.5 Å². The molecule has 86 valence electrons. The Kier molecular flexibility index (Phi) is 3.29. The number of hydrogen-bond acceptors (Lipinski definition) is 2. The fourth-order valence-corrected chi connectivity index (χ4v) is 2.76. The summed E-state index contributed by atoms with van der Waals surface area (Å²) in [4.78, 5) is 14.2. The standard InChI is InChI=1S/C12H22N2O/c1-9-4-3-5-10(2)14(9)12(15)6-11-7-13-8-11/h9-11,13H,3-8H2,1-2H3/t9-,10+. The Balaban J connectivity index is 1.90. The molecule has 0 spiro atoms. The van der Waals surface area contributed by atoms with Gasteiger partial charge in [-0.05, 0) is 52.1 Å². The predicted molar refractivity (Wildman–Crippen MR) is 60.6 cm³/mol. The number of amides is 1. The minimum Gasteiger partial charge on any atom is -0.337 e. The summed E-state index contributed by atoms with van der Waals surface area (Å²) in [5.41, 5.74) is 0. The molecule has 15 heavy (non-hydrogen) atoms. The molecule has 2 aliphatic heterocycles. The maximum absolute atomic E-state index is 12.1. The summed E-state index contributed by atoms with van der Waals surface area (Å²) < 4.78 is 0. The zero-order valence-corrected chi connectivity index (χ0v) is 9.83. The second-order valence-corrected chi connectivity index (χ2v) is 5.16. The molecule has 0 aromatic heterocycles. The van der Waals surface area contributed by atoms with Crippen LogP contribution in [0.15, 0.2) is 0 Å². The first-order valence-corrected chi connectivity index (χ1v) is 6.20. The second kappa shape index (κ2) is 4.52. The third-order valence-electron chi connectivity index (χ3n) is 3.81. The smallest absolute Gasteiger partial charge is 0.223 e. The van der Waals surface area contributed by atoms with Gasteiger partial charge in [-0.1, -0.05) is 0 Å². The molecule has 2 fully saturated rings. The van der Waals surface area contributed by atoms with E-state index in [9.17, 15) is 4.79 Å². The number of piperidine rings is 1. The van der Waals surface area contributed by atoms with Gasteiger partial charge in [0.05, 0.1) is 0 Å². The number of hydrogen-bond donors (Lipinski definition) is 1. The summed E-state index contributed by atoms with van der Waals surface area (Å²) in [5.74, 6) is 0.972. The van der Waals surface area contributed by atoms with Crippen LogP contribution in [-0.4, -0.2) is 36.0 Å². The van der Waals surface area contributed by atoms with Crippen molar-refractivity contribution in [3.8, 4) is 0 Å². The summed E-state index contributed by atoms with van der Waals surface area (Å²) in [6, 6.07) is 0.906. The first kappa shape index (κ1) is 10.9. The highest BCUT2D eigenvalue weighted by Gasteiger charge is 2.31. The van der Waals surface area contributed by atoms with E-state index in [1.54, 1.807) is 0 Å². The zero-order valence-electron chi connectivity index (χ0n) is 9.83. The fourth-order valence-electron chi connectivity index (χ4n) is 2.76. The molecule has 0 bridgehead atoms. The Morgan fingerprint density at radius 1 is 1.27 bits per heavy atom. The summed E-state index contributed by atoms with van der Waals surface area (Å²) in [7, 11) is 0. The van der Waals surface area contributed by atoms with Crippen molar-refractivity contribution >= 4 is 5.91 Å². The lowest BCUT2D eigenvalue weighted by molar-refractivity contribution is -0.138. The summed E-state index contributed by atoms with van der Waals surface area (Å²) in [6.07, 6.45) is 4.39. The van der Waals surface area contributed by atoms with Crippen molar-refractivity contribution in [3.63, 3.8) is 0 Å². The number of carbonyl (C=O) groups excluding carboxylic acids is 1. The molecule has 0 aromatic carbocycles. The van der Waals surface area contributed by atoms with Gasteiger partial charge in [-0.15, -0.1) is 0 Å². The van der Waals surface area contributed by atoms with Gasteiger partial charge in [0.2, 0.25) is 5.91 Å². The number of likely N-dealkylation sites (tertiary alicyclic amines) is 1. The first-order chi connectivity index (χ1) is 7.18. The van der Waals surface area contributed by atoms with E-state index in [4.69, 9.17) is 0 Å². The molecule has 0 aliphatic carbocycles. The molecule has 1 amide bonds. The van der Waals surface area contributed by atoms with Gasteiger partial charge in [0.25, 0.3) is 0 Å². The Bertz CT molecular complexity index is 228. The monoisotopic (exact) mass is 210 g/mol. The van der Waals surface area contributed by atoms with E-state index in [1.165, 1.54) is 19.3 Å². The lowest BCUT2D eigenvalue weighted by Gasteiger charge is -2.40.